The Morgan fingerprint density at radius 1 is 1.32 bits per heavy atom. The molecule has 2 N–H and O–H groups in total. The smallest absolute Gasteiger partial charge is 0.416 e. The van der Waals surface area contributed by atoms with Gasteiger partial charge < -0.3 is 10.4 Å². The van der Waals surface area contributed by atoms with Gasteiger partial charge in [-0.05, 0) is 30.0 Å². The van der Waals surface area contributed by atoms with E-state index in [0.717, 1.165) is 12.1 Å². The van der Waals surface area contributed by atoms with Crippen LogP contribution in [-0.2, 0) is 15.8 Å². The lowest BCUT2D eigenvalue weighted by Crippen LogP contribution is -2.32. The fourth-order valence-electron chi connectivity index (χ4n) is 2.24. The van der Waals surface area contributed by atoms with Gasteiger partial charge in [0.25, 0.3) is 0 Å². The number of carbonyl (C=O) groups is 2. The Morgan fingerprint density at radius 2 is 1.91 bits per heavy atom. The Bertz CT molecular complexity index is 568. The molecule has 0 saturated heterocycles. The van der Waals surface area contributed by atoms with Gasteiger partial charge in [0.1, 0.15) is 0 Å². The van der Waals surface area contributed by atoms with Gasteiger partial charge in [0.15, 0.2) is 0 Å². The molecule has 0 bridgehead atoms. The predicted octanol–water partition coefficient (Wildman–Crippen LogP) is 2.65. The minimum Gasteiger partial charge on any atom is -0.481 e. The summed E-state index contributed by atoms with van der Waals surface area (Å²) in [5, 5.41) is 11.3. The molecule has 0 aliphatic heterocycles. The second kappa shape index (κ2) is 5.98. The molecule has 1 saturated carbocycles. The van der Waals surface area contributed by atoms with E-state index in [4.69, 9.17) is 5.11 Å². The molecule has 1 aromatic rings. The number of alkyl halides is 3. The minimum atomic E-state index is -4.37. The summed E-state index contributed by atoms with van der Waals surface area (Å²) in [6, 6.07) is 4.80. The largest absolute Gasteiger partial charge is 0.481 e. The molecule has 3 atom stereocenters. The van der Waals surface area contributed by atoms with Gasteiger partial charge >= 0.3 is 12.1 Å². The maximum atomic E-state index is 12.5. The van der Waals surface area contributed by atoms with Crippen LogP contribution in [0.25, 0.3) is 0 Å². The first-order valence-electron chi connectivity index (χ1n) is 6.88. The molecule has 1 aromatic carbocycles. The van der Waals surface area contributed by atoms with Crippen molar-refractivity contribution in [1.29, 1.82) is 0 Å². The Kier molecular flexibility index (Phi) is 4.44. The normalized spacial score (nSPS) is 22.0. The number of nitrogens with one attached hydrogen (secondary N) is 1. The van der Waals surface area contributed by atoms with Crippen molar-refractivity contribution in [2.24, 2.45) is 11.8 Å². The highest BCUT2D eigenvalue weighted by Gasteiger charge is 2.44. The number of rotatable bonds is 5. The molecule has 0 heterocycles. The third-order valence-electron chi connectivity index (χ3n) is 3.80. The van der Waals surface area contributed by atoms with Crippen LogP contribution < -0.4 is 5.32 Å². The van der Waals surface area contributed by atoms with Crippen molar-refractivity contribution in [1.82, 2.24) is 5.32 Å². The van der Waals surface area contributed by atoms with E-state index in [-0.39, 0.29) is 24.3 Å². The van der Waals surface area contributed by atoms with Crippen LogP contribution in [0.5, 0.6) is 0 Å². The maximum Gasteiger partial charge on any atom is 0.416 e. The van der Waals surface area contributed by atoms with Crippen molar-refractivity contribution in [2.45, 2.75) is 25.4 Å². The Hall–Kier alpha value is -2.05. The molecule has 4 nitrogen and oxygen atoms in total. The van der Waals surface area contributed by atoms with E-state index in [2.05, 4.69) is 5.32 Å². The van der Waals surface area contributed by atoms with E-state index in [1.807, 2.05) is 0 Å². The summed E-state index contributed by atoms with van der Waals surface area (Å²) in [5.41, 5.74) is -0.0207. The standard InChI is InChI=1S/C15H16F3NO3/c1-8(14(21)22)7-19-13(20)12-6-11(12)9-2-4-10(5-3-9)15(16,17)18/h2-5,8,11-12H,6-7H2,1H3,(H,19,20)(H,21,22)/t8-,11+,12-/m1/s1. The minimum absolute atomic E-state index is 0.0460. The van der Waals surface area contributed by atoms with Gasteiger partial charge in [0.05, 0.1) is 11.5 Å². The Labute approximate surface area is 125 Å². The van der Waals surface area contributed by atoms with E-state index in [1.165, 1.54) is 19.1 Å². The molecule has 7 heteroatoms. The SMILES string of the molecule is C[C@H](CNC(=O)[C@@H]1C[C@H]1c1ccc(C(F)(F)F)cc1)C(=O)O. The molecule has 1 amide bonds. The van der Waals surface area contributed by atoms with Crippen molar-refractivity contribution in [3.05, 3.63) is 35.4 Å². The number of carboxylic acids is 1. The molecule has 0 spiro atoms. The molecule has 22 heavy (non-hydrogen) atoms. The lowest BCUT2D eigenvalue weighted by Gasteiger charge is -2.09. The molecule has 120 valence electrons. The van der Waals surface area contributed by atoms with E-state index in [9.17, 15) is 22.8 Å². The number of amides is 1. The molecular formula is C15H16F3NO3. The zero-order valence-corrected chi connectivity index (χ0v) is 11.9. The van der Waals surface area contributed by atoms with Gasteiger partial charge in [0, 0.05) is 12.5 Å². The molecule has 2 rings (SSSR count). The molecule has 0 unspecified atom stereocenters. The molecule has 1 aliphatic carbocycles. The zero-order valence-electron chi connectivity index (χ0n) is 11.9. The highest BCUT2D eigenvalue weighted by Crippen LogP contribution is 2.47. The quantitative estimate of drug-likeness (QED) is 0.878. The summed E-state index contributed by atoms with van der Waals surface area (Å²) < 4.78 is 37.4. The Balaban J connectivity index is 1.89. The first-order chi connectivity index (χ1) is 10.2. The fraction of sp³-hybridized carbons (Fsp3) is 0.467. The lowest BCUT2D eigenvalue weighted by molar-refractivity contribution is -0.141. The first-order valence-corrected chi connectivity index (χ1v) is 6.88. The van der Waals surface area contributed by atoms with Crippen LogP contribution in [0.1, 0.15) is 30.4 Å². The molecule has 0 radical (unpaired) electrons. The van der Waals surface area contributed by atoms with Crippen LogP contribution in [0.3, 0.4) is 0 Å². The van der Waals surface area contributed by atoms with Gasteiger partial charge in [0.2, 0.25) is 5.91 Å². The van der Waals surface area contributed by atoms with Crippen molar-refractivity contribution >= 4 is 11.9 Å². The zero-order chi connectivity index (χ0) is 16.5. The van der Waals surface area contributed by atoms with Crippen LogP contribution >= 0.6 is 0 Å². The number of hydrogen-bond acceptors (Lipinski definition) is 2. The summed E-state index contributed by atoms with van der Waals surface area (Å²) in [6.45, 7) is 1.53. The summed E-state index contributed by atoms with van der Waals surface area (Å²) in [5.74, 6) is -2.30. The van der Waals surface area contributed by atoms with Crippen molar-refractivity contribution in [3.63, 3.8) is 0 Å². The third kappa shape index (κ3) is 3.78. The predicted molar refractivity (Wildman–Crippen MR) is 72.1 cm³/mol. The van der Waals surface area contributed by atoms with Gasteiger partial charge in [-0.3, -0.25) is 9.59 Å². The number of carboxylic acid groups (broad SMARTS) is 1. The highest BCUT2D eigenvalue weighted by atomic mass is 19.4. The van der Waals surface area contributed by atoms with Crippen molar-refractivity contribution in [3.8, 4) is 0 Å². The first kappa shape index (κ1) is 16.3. The molecule has 1 aliphatic rings. The Morgan fingerprint density at radius 3 is 2.41 bits per heavy atom. The molecular weight excluding hydrogens is 299 g/mol. The second-order valence-corrected chi connectivity index (χ2v) is 5.55. The summed E-state index contributed by atoms with van der Waals surface area (Å²) in [4.78, 5) is 22.5. The summed E-state index contributed by atoms with van der Waals surface area (Å²) >= 11 is 0. The maximum absolute atomic E-state index is 12.5. The second-order valence-electron chi connectivity index (χ2n) is 5.55. The lowest BCUT2D eigenvalue weighted by atomic mass is 10.1. The summed E-state index contributed by atoms with van der Waals surface area (Å²) in [7, 11) is 0. The van der Waals surface area contributed by atoms with Gasteiger partial charge in [-0.2, -0.15) is 13.2 Å². The van der Waals surface area contributed by atoms with Crippen LogP contribution in [0.2, 0.25) is 0 Å². The third-order valence-corrected chi connectivity index (χ3v) is 3.80. The van der Waals surface area contributed by atoms with Crippen LogP contribution in [-0.4, -0.2) is 23.5 Å². The highest BCUT2D eigenvalue weighted by molar-refractivity contribution is 5.83. The van der Waals surface area contributed by atoms with Crippen LogP contribution in [0.4, 0.5) is 13.2 Å². The number of hydrogen-bond donors (Lipinski definition) is 2. The number of carbonyl (C=O) groups excluding carboxylic acids is 1. The van der Waals surface area contributed by atoms with Crippen LogP contribution in [0.15, 0.2) is 24.3 Å². The van der Waals surface area contributed by atoms with Gasteiger partial charge in [-0.15, -0.1) is 0 Å². The monoisotopic (exact) mass is 315 g/mol. The van der Waals surface area contributed by atoms with E-state index in [1.54, 1.807) is 0 Å². The topological polar surface area (TPSA) is 66.4 Å². The molecule has 0 aromatic heterocycles. The summed E-state index contributed by atoms with van der Waals surface area (Å²) in [6.07, 6.45) is -3.80. The van der Waals surface area contributed by atoms with E-state index < -0.39 is 23.6 Å². The van der Waals surface area contributed by atoms with Crippen molar-refractivity contribution < 1.29 is 27.9 Å². The van der Waals surface area contributed by atoms with Gasteiger partial charge in [-0.1, -0.05) is 19.1 Å². The van der Waals surface area contributed by atoms with Crippen LogP contribution in [0, 0.1) is 11.8 Å². The molecule has 1 fully saturated rings. The number of benzene rings is 1. The van der Waals surface area contributed by atoms with E-state index in [0.29, 0.717) is 12.0 Å². The average Bonchev–Trinajstić information content (AvgIpc) is 3.24. The van der Waals surface area contributed by atoms with Gasteiger partial charge in [-0.25, -0.2) is 0 Å². The average molecular weight is 315 g/mol. The van der Waals surface area contributed by atoms with Crippen molar-refractivity contribution in [2.75, 3.05) is 6.54 Å². The van der Waals surface area contributed by atoms with E-state index >= 15 is 0 Å². The fourth-order valence-corrected chi connectivity index (χ4v) is 2.24. The number of halogens is 3. The number of aliphatic carboxylic acids is 1.